The number of para-hydroxylation sites is 1. The van der Waals surface area contributed by atoms with E-state index in [4.69, 9.17) is 28.6 Å². The number of aromatic nitrogens is 3. The van der Waals surface area contributed by atoms with Crippen molar-refractivity contribution in [3.8, 4) is 5.75 Å². The van der Waals surface area contributed by atoms with E-state index in [1.165, 1.54) is 0 Å². The first-order chi connectivity index (χ1) is 11.6. The van der Waals surface area contributed by atoms with Crippen molar-refractivity contribution in [2.45, 2.75) is 20.1 Å². The minimum absolute atomic E-state index is 0.460. The van der Waals surface area contributed by atoms with Crippen molar-refractivity contribution >= 4 is 23.8 Å². The number of nitrogens with zero attached hydrogens (tertiary/aromatic N) is 2. The van der Waals surface area contributed by atoms with Crippen LogP contribution in [0.25, 0.3) is 0 Å². The third kappa shape index (κ3) is 3.96. The Balaban J connectivity index is 1.70. The molecule has 3 aromatic rings. The summed E-state index contributed by atoms with van der Waals surface area (Å²) in [6.45, 7) is 2.91. The molecule has 124 valence electrons. The number of benzene rings is 2. The second-order valence-corrected chi connectivity index (χ2v) is 6.10. The van der Waals surface area contributed by atoms with Crippen LogP contribution in [0, 0.1) is 11.7 Å². The maximum atomic E-state index is 6.01. The maximum Gasteiger partial charge on any atom is 0.214 e. The van der Waals surface area contributed by atoms with E-state index in [-0.39, 0.29) is 0 Å². The third-order valence-corrected chi connectivity index (χ3v) is 4.03. The van der Waals surface area contributed by atoms with Crippen LogP contribution in [0.4, 0.5) is 0 Å². The summed E-state index contributed by atoms with van der Waals surface area (Å²) in [4.78, 5) is 0. The van der Waals surface area contributed by atoms with E-state index >= 15 is 0 Å². The van der Waals surface area contributed by atoms with Gasteiger partial charge in [-0.25, -0.2) is 4.68 Å². The molecule has 7 heteroatoms. The van der Waals surface area contributed by atoms with E-state index in [2.05, 4.69) is 15.6 Å². The normalized spacial score (nSPS) is 10.6. The predicted octanol–water partition coefficient (Wildman–Crippen LogP) is 4.23. The Bertz CT molecular complexity index is 890. The van der Waals surface area contributed by atoms with Crippen LogP contribution in [0.1, 0.15) is 17.0 Å². The number of rotatable bonds is 6. The van der Waals surface area contributed by atoms with Gasteiger partial charge in [-0.2, -0.15) is 5.10 Å². The molecule has 2 aromatic carbocycles. The maximum absolute atomic E-state index is 6.01. The van der Waals surface area contributed by atoms with Gasteiger partial charge in [0.1, 0.15) is 18.2 Å². The Morgan fingerprint density at radius 2 is 2.08 bits per heavy atom. The van der Waals surface area contributed by atoms with Gasteiger partial charge in [-0.05, 0) is 42.9 Å². The molecule has 0 fully saturated rings. The summed E-state index contributed by atoms with van der Waals surface area (Å²) in [6.07, 6.45) is 0. The van der Waals surface area contributed by atoms with E-state index in [1.807, 2.05) is 55.5 Å². The topological polar surface area (TPSA) is 54.9 Å². The summed E-state index contributed by atoms with van der Waals surface area (Å²) >= 11 is 11.2. The van der Waals surface area contributed by atoms with Crippen molar-refractivity contribution < 1.29 is 4.74 Å². The van der Waals surface area contributed by atoms with Gasteiger partial charge in [0.25, 0.3) is 0 Å². The molecule has 0 aliphatic carbocycles. The van der Waals surface area contributed by atoms with Gasteiger partial charge in [0, 0.05) is 10.6 Å². The first-order valence-electron chi connectivity index (χ1n) is 7.46. The predicted molar refractivity (Wildman–Crippen MR) is 97.4 cm³/mol. The Kier molecular flexibility index (Phi) is 5.17. The molecule has 0 aliphatic heterocycles. The van der Waals surface area contributed by atoms with Crippen LogP contribution in [-0.4, -0.2) is 14.9 Å². The van der Waals surface area contributed by atoms with Crippen molar-refractivity contribution in [2.24, 2.45) is 0 Å². The highest BCUT2D eigenvalue weighted by molar-refractivity contribution is 7.71. The number of nitrogens with one attached hydrogen (secondary N) is 2. The average molecular weight is 361 g/mol. The molecule has 24 heavy (non-hydrogen) atoms. The highest BCUT2D eigenvalue weighted by atomic mass is 35.5. The molecular formula is C17H17ClN4OS. The number of aromatic amines is 1. The fourth-order valence-corrected chi connectivity index (χ4v) is 2.76. The molecule has 0 saturated heterocycles. The fourth-order valence-electron chi connectivity index (χ4n) is 2.30. The van der Waals surface area contributed by atoms with Crippen LogP contribution in [0.15, 0.2) is 48.5 Å². The van der Waals surface area contributed by atoms with Gasteiger partial charge in [0.2, 0.25) is 4.77 Å². The smallest absolute Gasteiger partial charge is 0.214 e. The Hall–Kier alpha value is -2.31. The molecule has 5 nitrogen and oxygen atoms in total. The largest absolute Gasteiger partial charge is 0.489 e. The first kappa shape index (κ1) is 16.5. The van der Waals surface area contributed by atoms with Crippen LogP contribution in [0.2, 0.25) is 5.02 Å². The molecule has 0 amide bonds. The second-order valence-electron chi connectivity index (χ2n) is 5.27. The lowest BCUT2D eigenvalue weighted by Crippen LogP contribution is -2.16. The monoisotopic (exact) mass is 360 g/mol. The standard InChI is InChI=1S/C17H17ClN4OS/c1-12-20-21-17(24)22(12)19-10-14-6-2-3-8-16(14)23-11-13-5-4-7-15(18)9-13/h2-9,19H,10-11H2,1H3,(H,21,24). The Labute approximate surface area is 150 Å². The van der Waals surface area contributed by atoms with E-state index < -0.39 is 0 Å². The highest BCUT2D eigenvalue weighted by Crippen LogP contribution is 2.20. The van der Waals surface area contributed by atoms with Gasteiger partial charge >= 0.3 is 0 Å². The highest BCUT2D eigenvalue weighted by Gasteiger charge is 2.06. The average Bonchev–Trinajstić information content (AvgIpc) is 2.90. The Morgan fingerprint density at radius 3 is 2.83 bits per heavy atom. The molecule has 0 spiro atoms. The number of H-pyrrole nitrogens is 1. The van der Waals surface area contributed by atoms with Gasteiger partial charge in [-0.3, -0.25) is 5.10 Å². The van der Waals surface area contributed by atoms with Crippen molar-refractivity contribution in [3.63, 3.8) is 0 Å². The molecule has 0 aliphatic rings. The molecular weight excluding hydrogens is 344 g/mol. The zero-order chi connectivity index (χ0) is 16.9. The van der Waals surface area contributed by atoms with Crippen LogP contribution in [-0.2, 0) is 13.2 Å². The summed E-state index contributed by atoms with van der Waals surface area (Å²) in [7, 11) is 0. The molecule has 1 aromatic heterocycles. The quantitative estimate of drug-likeness (QED) is 0.646. The molecule has 2 N–H and O–H groups in total. The SMILES string of the molecule is Cc1n[nH]c(=S)n1NCc1ccccc1OCc1cccc(Cl)c1. The van der Waals surface area contributed by atoms with Crippen LogP contribution < -0.4 is 10.2 Å². The summed E-state index contributed by atoms with van der Waals surface area (Å²) in [5, 5.41) is 7.53. The van der Waals surface area contributed by atoms with Gasteiger partial charge < -0.3 is 10.2 Å². The summed E-state index contributed by atoms with van der Waals surface area (Å²) < 4.78 is 8.22. The lowest BCUT2D eigenvalue weighted by Gasteiger charge is -2.13. The van der Waals surface area contributed by atoms with Crippen LogP contribution in [0.3, 0.4) is 0 Å². The Morgan fingerprint density at radius 1 is 1.25 bits per heavy atom. The second kappa shape index (κ2) is 7.51. The van der Waals surface area contributed by atoms with Crippen molar-refractivity contribution in [1.82, 2.24) is 14.9 Å². The van der Waals surface area contributed by atoms with E-state index in [1.54, 1.807) is 4.68 Å². The minimum Gasteiger partial charge on any atom is -0.489 e. The van der Waals surface area contributed by atoms with Gasteiger partial charge in [0.05, 0.1) is 6.54 Å². The summed E-state index contributed by atoms with van der Waals surface area (Å²) in [5.41, 5.74) is 5.30. The lowest BCUT2D eigenvalue weighted by molar-refractivity contribution is 0.303. The molecule has 1 heterocycles. The molecule has 3 rings (SSSR count). The van der Waals surface area contributed by atoms with E-state index in [9.17, 15) is 0 Å². The van der Waals surface area contributed by atoms with Gasteiger partial charge in [-0.15, -0.1) is 0 Å². The van der Waals surface area contributed by atoms with E-state index in [0.29, 0.717) is 22.9 Å². The van der Waals surface area contributed by atoms with Crippen LogP contribution in [0.5, 0.6) is 5.75 Å². The summed E-state index contributed by atoms with van der Waals surface area (Å²) in [5.74, 6) is 1.59. The number of hydrogen-bond donors (Lipinski definition) is 2. The van der Waals surface area contributed by atoms with Crippen molar-refractivity contribution in [1.29, 1.82) is 0 Å². The first-order valence-corrected chi connectivity index (χ1v) is 8.25. The lowest BCUT2D eigenvalue weighted by atomic mass is 10.2. The summed E-state index contributed by atoms with van der Waals surface area (Å²) in [6, 6.07) is 15.5. The third-order valence-electron chi connectivity index (χ3n) is 3.52. The number of halogens is 1. The number of ether oxygens (including phenoxy) is 1. The van der Waals surface area contributed by atoms with Gasteiger partial charge in [0.15, 0.2) is 0 Å². The molecule has 0 bridgehead atoms. The van der Waals surface area contributed by atoms with Gasteiger partial charge in [-0.1, -0.05) is 41.9 Å². The number of aryl methyl sites for hydroxylation is 1. The number of hydrogen-bond acceptors (Lipinski definition) is 4. The molecule has 0 radical (unpaired) electrons. The van der Waals surface area contributed by atoms with Crippen LogP contribution >= 0.6 is 23.8 Å². The molecule has 0 unspecified atom stereocenters. The molecule has 0 saturated carbocycles. The van der Waals surface area contributed by atoms with Crippen molar-refractivity contribution in [3.05, 3.63) is 75.3 Å². The molecule has 0 atom stereocenters. The zero-order valence-corrected chi connectivity index (χ0v) is 14.7. The van der Waals surface area contributed by atoms with E-state index in [0.717, 1.165) is 22.7 Å². The minimum atomic E-state index is 0.460. The zero-order valence-electron chi connectivity index (χ0n) is 13.1. The fraction of sp³-hybridized carbons (Fsp3) is 0.176. The van der Waals surface area contributed by atoms with Crippen molar-refractivity contribution in [2.75, 3.05) is 5.43 Å².